The van der Waals surface area contributed by atoms with E-state index in [9.17, 15) is 4.79 Å². The van der Waals surface area contributed by atoms with Gasteiger partial charge in [0.25, 0.3) is 5.91 Å². The maximum absolute atomic E-state index is 13.0. The molecular formula is C19H22N2OS. The van der Waals surface area contributed by atoms with Crippen molar-refractivity contribution >= 4 is 22.9 Å². The molecule has 0 aliphatic carbocycles. The Hall–Kier alpha value is -2.12. The van der Waals surface area contributed by atoms with E-state index < -0.39 is 0 Å². The van der Waals surface area contributed by atoms with E-state index in [1.807, 2.05) is 31.2 Å². The number of hydrogen-bond acceptors (Lipinski definition) is 3. The molecule has 4 heteroatoms. The van der Waals surface area contributed by atoms with Crippen molar-refractivity contribution in [2.45, 2.75) is 40.5 Å². The average molecular weight is 326 g/mol. The number of hydrogen-bond donors (Lipinski definition) is 0. The molecule has 0 spiro atoms. The first-order chi connectivity index (χ1) is 11.0. The van der Waals surface area contributed by atoms with E-state index in [2.05, 4.69) is 26.8 Å². The van der Waals surface area contributed by atoms with Gasteiger partial charge in [0.05, 0.1) is 17.4 Å². The third-order valence-corrected chi connectivity index (χ3v) is 5.19. The summed E-state index contributed by atoms with van der Waals surface area (Å²) in [5.41, 5.74) is 4.42. The van der Waals surface area contributed by atoms with Crippen LogP contribution in [0.2, 0.25) is 0 Å². The normalized spacial score (nSPS) is 10.4. The maximum Gasteiger partial charge on any atom is 0.268 e. The first kappa shape index (κ1) is 17.2. The van der Waals surface area contributed by atoms with Crippen LogP contribution >= 0.6 is 11.3 Å². The topological polar surface area (TPSA) is 44.1 Å². The standard InChI is InChI=1S/C19H22N2OS/c1-5-16-12-18(23-15(16)4)19(22)21(10-6-9-20)17-8-7-13(2)14(3)11-17/h7-8,11-12H,5-6,10H2,1-4H3. The molecule has 0 unspecified atom stereocenters. The summed E-state index contributed by atoms with van der Waals surface area (Å²) in [4.78, 5) is 16.6. The number of nitriles is 1. The second kappa shape index (κ2) is 7.43. The van der Waals surface area contributed by atoms with Crippen molar-refractivity contribution in [3.63, 3.8) is 0 Å². The second-order valence-corrected chi connectivity index (χ2v) is 6.94. The highest BCUT2D eigenvalue weighted by Gasteiger charge is 2.20. The highest BCUT2D eigenvalue weighted by Crippen LogP contribution is 2.27. The Bertz CT molecular complexity index is 755. The zero-order chi connectivity index (χ0) is 17.0. The third-order valence-electron chi connectivity index (χ3n) is 4.11. The van der Waals surface area contributed by atoms with Gasteiger partial charge in [-0.05, 0) is 62.1 Å². The van der Waals surface area contributed by atoms with Gasteiger partial charge in [0.1, 0.15) is 0 Å². The smallest absolute Gasteiger partial charge is 0.268 e. The summed E-state index contributed by atoms with van der Waals surface area (Å²) < 4.78 is 0. The van der Waals surface area contributed by atoms with Crippen molar-refractivity contribution in [3.05, 3.63) is 50.7 Å². The van der Waals surface area contributed by atoms with Crippen LogP contribution in [0.25, 0.3) is 0 Å². The van der Waals surface area contributed by atoms with Gasteiger partial charge in [0, 0.05) is 17.1 Å². The molecule has 0 aliphatic heterocycles. The molecule has 0 aliphatic rings. The van der Waals surface area contributed by atoms with Gasteiger partial charge in [-0.1, -0.05) is 13.0 Å². The molecule has 1 heterocycles. The van der Waals surface area contributed by atoms with Crippen LogP contribution in [-0.2, 0) is 6.42 Å². The van der Waals surface area contributed by atoms with Gasteiger partial charge in [-0.2, -0.15) is 5.26 Å². The Morgan fingerprint density at radius 1 is 1.22 bits per heavy atom. The van der Waals surface area contributed by atoms with Gasteiger partial charge in [-0.25, -0.2) is 0 Å². The number of anilines is 1. The van der Waals surface area contributed by atoms with Gasteiger partial charge in [0.15, 0.2) is 0 Å². The van der Waals surface area contributed by atoms with E-state index in [1.165, 1.54) is 27.3 Å². The predicted molar refractivity (Wildman–Crippen MR) is 96.3 cm³/mol. The Labute approximate surface area is 142 Å². The van der Waals surface area contributed by atoms with E-state index in [1.54, 1.807) is 4.90 Å². The fraction of sp³-hybridized carbons (Fsp3) is 0.368. The van der Waals surface area contributed by atoms with Crippen molar-refractivity contribution in [2.75, 3.05) is 11.4 Å². The van der Waals surface area contributed by atoms with E-state index in [0.29, 0.717) is 13.0 Å². The molecule has 0 atom stereocenters. The summed E-state index contributed by atoms with van der Waals surface area (Å²) in [6, 6.07) is 10.1. The minimum atomic E-state index is -0.0173. The number of rotatable bonds is 5. The van der Waals surface area contributed by atoms with Crippen LogP contribution < -0.4 is 4.90 Å². The summed E-state index contributed by atoms with van der Waals surface area (Å²) in [6.07, 6.45) is 1.25. The Balaban J connectivity index is 2.38. The summed E-state index contributed by atoms with van der Waals surface area (Å²) in [5.74, 6) is -0.0173. The summed E-state index contributed by atoms with van der Waals surface area (Å²) >= 11 is 1.54. The lowest BCUT2D eigenvalue weighted by Gasteiger charge is -2.22. The summed E-state index contributed by atoms with van der Waals surface area (Å²) in [5, 5.41) is 8.91. The van der Waals surface area contributed by atoms with Gasteiger partial charge in [-0.3, -0.25) is 4.79 Å². The molecule has 0 N–H and O–H groups in total. The lowest BCUT2D eigenvalue weighted by molar-refractivity contribution is 0.0991. The number of thiophene rings is 1. The molecule has 3 nitrogen and oxygen atoms in total. The highest BCUT2D eigenvalue weighted by molar-refractivity contribution is 7.14. The monoisotopic (exact) mass is 326 g/mol. The Morgan fingerprint density at radius 2 is 1.96 bits per heavy atom. The first-order valence-electron chi connectivity index (χ1n) is 7.83. The number of benzene rings is 1. The third kappa shape index (κ3) is 3.80. The summed E-state index contributed by atoms with van der Waals surface area (Å²) in [7, 11) is 0. The molecule has 0 radical (unpaired) electrons. The van der Waals surface area contributed by atoms with E-state index in [4.69, 9.17) is 5.26 Å². The first-order valence-corrected chi connectivity index (χ1v) is 8.65. The zero-order valence-electron chi connectivity index (χ0n) is 14.1. The van der Waals surface area contributed by atoms with Crippen molar-refractivity contribution in [3.8, 4) is 6.07 Å². The molecule has 2 rings (SSSR count). The van der Waals surface area contributed by atoms with Crippen LogP contribution in [-0.4, -0.2) is 12.5 Å². The molecule has 0 fully saturated rings. The number of aryl methyl sites for hydroxylation is 4. The second-order valence-electron chi connectivity index (χ2n) is 5.68. The number of carbonyl (C=O) groups excluding carboxylic acids is 1. The maximum atomic E-state index is 13.0. The van der Waals surface area contributed by atoms with Crippen LogP contribution in [0.1, 0.15) is 44.6 Å². The average Bonchev–Trinajstić information content (AvgIpc) is 2.91. The highest BCUT2D eigenvalue weighted by atomic mass is 32.1. The van der Waals surface area contributed by atoms with Gasteiger partial charge < -0.3 is 4.90 Å². The molecular weight excluding hydrogens is 304 g/mol. The van der Waals surface area contributed by atoms with E-state index in [0.717, 1.165) is 22.5 Å². The molecule has 0 bridgehead atoms. The quantitative estimate of drug-likeness (QED) is 0.792. The van der Waals surface area contributed by atoms with Crippen LogP contribution in [0, 0.1) is 32.1 Å². The lowest BCUT2D eigenvalue weighted by atomic mass is 10.1. The number of amides is 1. The van der Waals surface area contributed by atoms with Gasteiger partial charge >= 0.3 is 0 Å². The molecule has 0 saturated heterocycles. The van der Waals surface area contributed by atoms with Crippen LogP contribution in [0.4, 0.5) is 5.69 Å². The van der Waals surface area contributed by atoms with Gasteiger partial charge in [0.2, 0.25) is 0 Å². The van der Waals surface area contributed by atoms with Crippen molar-refractivity contribution in [1.82, 2.24) is 0 Å². The van der Waals surface area contributed by atoms with Crippen molar-refractivity contribution < 1.29 is 4.79 Å². The minimum Gasteiger partial charge on any atom is -0.307 e. The number of carbonyl (C=O) groups is 1. The van der Waals surface area contributed by atoms with E-state index >= 15 is 0 Å². The molecule has 1 aromatic heterocycles. The minimum absolute atomic E-state index is 0.0173. The SMILES string of the molecule is CCc1cc(C(=O)N(CCC#N)c2ccc(C)c(C)c2)sc1C. The Kier molecular flexibility index (Phi) is 5.57. The molecule has 1 amide bonds. The number of nitrogens with zero attached hydrogens (tertiary/aromatic N) is 2. The van der Waals surface area contributed by atoms with Gasteiger partial charge in [-0.15, -0.1) is 11.3 Å². The summed E-state index contributed by atoms with van der Waals surface area (Å²) in [6.45, 7) is 8.65. The molecule has 23 heavy (non-hydrogen) atoms. The van der Waals surface area contributed by atoms with E-state index in [-0.39, 0.29) is 5.91 Å². The van der Waals surface area contributed by atoms with Crippen molar-refractivity contribution in [1.29, 1.82) is 5.26 Å². The Morgan fingerprint density at radius 3 is 2.52 bits per heavy atom. The molecule has 2 aromatic rings. The van der Waals surface area contributed by atoms with Crippen LogP contribution in [0.5, 0.6) is 0 Å². The lowest BCUT2D eigenvalue weighted by Crippen LogP contribution is -2.31. The zero-order valence-corrected chi connectivity index (χ0v) is 15.0. The fourth-order valence-corrected chi connectivity index (χ4v) is 3.58. The van der Waals surface area contributed by atoms with Crippen molar-refractivity contribution in [2.24, 2.45) is 0 Å². The largest absolute Gasteiger partial charge is 0.307 e. The predicted octanol–water partition coefficient (Wildman–Crippen LogP) is 4.80. The molecule has 0 saturated carbocycles. The fourth-order valence-electron chi connectivity index (χ4n) is 2.51. The van der Waals surface area contributed by atoms with Crippen LogP contribution in [0.3, 0.4) is 0 Å². The molecule has 120 valence electrons. The molecule has 1 aromatic carbocycles. The van der Waals surface area contributed by atoms with Crippen LogP contribution in [0.15, 0.2) is 24.3 Å².